The average molecular weight is 331 g/mol. The van der Waals surface area contributed by atoms with Crippen LogP contribution in [0.15, 0.2) is 29.2 Å². The number of likely N-dealkylation sites (tertiary alicyclic amines) is 1. The van der Waals surface area contributed by atoms with Crippen LogP contribution < -0.4 is 0 Å². The standard InChI is InChI=1S/C14H19ClN2O3S/c1-16-7-11(8-18)6-14(16)9-17(10-14)21(19,20)13-4-2-3-12(15)5-13/h2-5,11,18H,6-10H2,1H3. The van der Waals surface area contributed by atoms with E-state index in [1.807, 2.05) is 7.05 Å². The SMILES string of the molecule is CN1CC(CO)CC12CN(S(=O)(=O)c1cccc(Cl)c1)C2. The Kier molecular flexibility index (Phi) is 3.78. The first-order valence-corrected chi connectivity index (χ1v) is 8.77. The van der Waals surface area contributed by atoms with Crippen LogP contribution in [0.3, 0.4) is 0 Å². The molecule has 1 aromatic carbocycles. The number of nitrogens with zero attached hydrogens (tertiary/aromatic N) is 2. The van der Waals surface area contributed by atoms with Crippen molar-refractivity contribution in [1.82, 2.24) is 9.21 Å². The molecule has 0 aliphatic carbocycles. The van der Waals surface area contributed by atoms with Gasteiger partial charge in [-0.25, -0.2) is 8.42 Å². The molecule has 2 heterocycles. The first-order valence-electron chi connectivity index (χ1n) is 6.95. The topological polar surface area (TPSA) is 60.9 Å². The van der Waals surface area contributed by atoms with Gasteiger partial charge in [0.15, 0.2) is 0 Å². The van der Waals surface area contributed by atoms with Crippen molar-refractivity contribution in [3.8, 4) is 0 Å². The van der Waals surface area contributed by atoms with E-state index in [4.69, 9.17) is 11.6 Å². The van der Waals surface area contributed by atoms with E-state index in [0.717, 1.165) is 13.0 Å². The van der Waals surface area contributed by atoms with Crippen LogP contribution in [0.2, 0.25) is 5.02 Å². The molecule has 2 saturated heterocycles. The minimum Gasteiger partial charge on any atom is -0.396 e. The number of aliphatic hydroxyl groups excluding tert-OH is 1. The van der Waals surface area contributed by atoms with E-state index in [2.05, 4.69) is 4.90 Å². The smallest absolute Gasteiger partial charge is 0.243 e. The molecule has 1 N–H and O–H groups in total. The lowest BCUT2D eigenvalue weighted by atomic mass is 9.87. The lowest BCUT2D eigenvalue weighted by Gasteiger charge is -2.50. The van der Waals surface area contributed by atoms with Gasteiger partial charge in [0.1, 0.15) is 0 Å². The zero-order chi connectivity index (χ0) is 15.3. The van der Waals surface area contributed by atoms with Gasteiger partial charge in [-0.2, -0.15) is 4.31 Å². The molecule has 2 aliphatic heterocycles. The van der Waals surface area contributed by atoms with Crippen LogP contribution in [0, 0.1) is 5.92 Å². The first kappa shape index (κ1) is 15.2. The van der Waals surface area contributed by atoms with Gasteiger partial charge in [0.2, 0.25) is 10.0 Å². The summed E-state index contributed by atoms with van der Waals surface area (Å²) in [7, 11) is -1.48. The molecule has 0 amide bonds. The molecule has 3 rings (SSSR count). The summed E-state index contributed by atoms with van der Waals surface area (Å²) in [4.78, 5) is 2.42. The molecule has 1 aromatic rings. The predicted octanol–water partition coefficient (Wildman–Crippen LogP) is 1.03. The van der Waals surface area contributed by atoms with Crippen molar-refractivity contribution < 1.29 is 13.5 Å². The molecule has 116 valence electrons. The van der Waals surface area contributed by atoms with Gasteiger partial charge in [0.25, 0.3) is 0 Å². The second-order valence-corrected chi connectivity index (χ2v) is 8.46. The number of hydrogen-bond donors (Lipinski definition) is 1. The number of benzene rings is 1. The molecule has 1 atom stereocenters. The maximum atomic E-state index is 12.6. The second kappa shape index (κ2) is 5.21. The molecule has 1 unspecified atom stereocenters. The van der Waals surface area contributed by atoms with Crippen LogP contribution >= 0.6 is 11.6 Å². The third-order valence-corrected chi connectivity index (χ3v) is 6.67. The van der Waals surface area contributed by atoms with E-state index in [0.29, 0.717) is 18.1 Å². The maximum absolute atomic E-state index is 12.6. The van der Waals surface area contributed by atoms with Crippen LogP contribution in [0.4, 0.5) is 0 Å². The first-order chi connectivity index (χ1) is 9.87. The normalized spacial score (nSPS) is 26.1. The van der Waals surface area contributed by atoms with Crippen LogP contribution in [0.1, 0.15) is 6.42 Å². The molecule has 0 radical (unpaired) electrons. The largest absolute Gasteiger partial charge is 0.396 e. The van der Waals surface area contributed by atoms with Crippen molar-refractivity contribution in [2.45, 2.75) is 16.9 Å². The Hall–Kier alpha value is -0.660. The van der Waals surface area contributed by atoms with Crippen molar-refractivity contribution in [2.75, 3.05) is 33.3 Å². The lowest BCUT2D eigenvalue weighted by molar-refractivity contribution is 0.0374. The van der Waals surface area contributed by atoms with Crippen molar-refractivity contribution in [3.05, 3.63) is 29.3 Å². The molecule has 1 spiro atoms. The zero-order valence-electron chi connectivity index (χ0n) is 11.9. The van der Waals surface area contributed by atoms with Gasteiger partial charge < -0.3 is 5.11 Å². The highest BCUT2D eigenvalue weighted by Crippen LogP contribution is 2.41. The lowest BCUT2D eigenvalue weighted by Crippen LogP contribution is -2.67. The monoisotopic (exact) mass is 330 g/mol. The number of sulfonamides is 1. The molecule has 0 saturated carbocycles. The Morgan fingerprint density at radius 2 is 2.14 bits per heavy atom. The number of halogens is 1. The van der Waals surface area contributed by atoms with Crippen molar-refractivity contribution in [1.29, 1.82) is 0 Å². The van der Waals surface area contributed by atoms with Gasteiger partial charge in [-0.3, -0.25) is 4.90 Å². The minimum absolute atomic E-state index is 0.112. The number of hydrogen-bond acceptors (Lipinski definition) is 4. The summed E-state index contributed by atoms with van der Waals surface area (Å²) in [5, 5.41) is 9.72. The molecular formula is C14H19ClN2O3S. The highest BCUT2D eigenvalue weighted by molar-refractivity contribution is 7.89. The second-order valence-electron chi connectivity index (χ2n) is 6.09. The fraction of sp³-hybridized carbons (Fsp3) is 0.571. The van der Waals surface area contributed by atoms with E-state index >= 15 is 0 Å². The quantitative estimate of drug-likeness (QED) is 0.899. The van der Waals surface area contributed by atoms with Crippen LogP contribution in [-0.4, -0.2) is 61.6 Å². The Labute approximate surface area is 130 Å². The summed E-state index contributed by atoms with van der Waals surface area (Å²) < 4.78 is 26.6. The molecule has 2 aliphatic rings. The highest BCUT2D eigenvalue weighted by Gasteiger charge is 2.54. The summed E-state index contributed by atoms with van der Waals surface area (Å²) in [6.07, 6.45) is 0.849. The van der Waals surface area contributed by atoms with Crippen molar-refractivity contribution in [3.63, 3.8) is 0 Å². The molecule has 7 heteroatoms. The van der Waals surface area contributed by atoms with Gasteiger partial charge in [-0.1, -0.05) is 17.7 Å². The Balaban J connectivity index is 1.77. The van der Waals surface area contributed by atoms with Crippen molar-refractivity contribution in [2.24, 2.45) is 5.92 Å². The summed E-state index contributed by atoms with van der Waals surface area (Å²) in [5.74, 6) is 0.242. The molecule has 0 aromatic heterocycles. The number of aliphatic hydroxyl groups is 1. The maximum Gasteiger partial charge on any atom is 0.243 e. The van der Waals surface area contributed by atoms with Crippen LogP contribution in [0.25, 0.3) is 0 Å². The summed E-state index contributed by atoms with van der Waals surface area (Å²) >= 11 is 5.88. The highest BCUT2D eigenvalue weighted by atomic mass is 35.5. The third-order valence-electron chi connectivity index (χ3n) is 4.64. The molecule has 21 heavy (non-hydrogen) atoms. The average Bonchev–Trinajstić information content (AvgIpc) is 2.74. The Morgan fingerprint density at radius 1 is 1.43 bits per heavy atom. The zero-order valence-corrected chi connectivity index (χ0v) is 13.4. The van der Waals surface area contributed by atoms with Gasteiger partial charge >= 0.3 is 0 Å². The van der Waals surface area contributed by atoms with Gasteiger partial charge in [0, 0.05) is 36.8 Å². The van der Waals surface area contributed by atoms with E-state index in [9.17, 15) is 13.5 Å². The van der Waals surface area contributed by atoms with E-state index in [1.165, 1.54) is 10.4 Å². The van der Waals surface area contributed by atoms with Gasteiger partial charge in [0.05, 0.1) is 4.90 Å². The summed E-state index contributed by atoms with van der Waals surface area (Å²) in [6.45, 7) is 1.94. The fourth-order valence-corrected chi connectivity index (χ4v) is 5.29. The van der Waals surface area contributed by atoms with E-state index in [1.54, 1.807) is 18.2 Å². The van der Waals surface area contributed by atoms with Gasteiger partial charge in [-0.15, -0.1) is 0 Å². The van der Waals surface area contributed by atoms with Crippen LogP contribution in [0.5, 0.6) is 0 Å². The van der Waals surface area contributed by atoms with Crippen molar-refractivity contribution >= 4 is 21.6 Å². The number of likely N-dealkylation sites (N-methyl/N-ethyl adjacent to an activating group) is 1. The van der Waals surface area contributed by atoms with Gasteiger partial charge in [-0.05, 0) is 37.6 Å². The van der Waals surface area contributed by atoms with E-state index in [-0.39, 0.29) is 23.0 Å². The molecule has 0 bridgehead atoms. The summed E-state index contributed by atoms with van der Waals surface area (Å²) in [5.41, 5.74) is -0.112. The predicted molar refractivity (Wildman–Crippen MR) is 80.8 cm³/mol. The number of rotatable bonds is 3. The summed E-state index contributed by atoms with van der Waals surface area (Å²) in [6, 6.07) is 6.36. The Morgan fingerprint density at radius 3 is 2.71 bits per heavy atom. The third kappa shape index (κ3) is 2.49. The fourth-order valence-electron chi connectivity index (χ4n) is 3.39. The minimum atomic E-state index is -3.48. The molecule has 2 fully saturated rings. The molecular weight excluding hydrogens is 312 g/mol. The molecule has 5 nitrogen and oxygen atoms in total. The van der Waals surface area contributed by atoms with Crippen LogP contribution in [-0.2, 0) is 10.0 Å². The Bertz CT molecular complexity index is 643. The van der Waals surface area contributed by atoms with E-state index < -0.39 is 10.0 Å².